The van der Waals surface area contributed by atoms with Crippen molar-refractivity contribution in [3.63, 3.8) is 0 Å². The number of para-hydroxylation sites is 1. The second-order valence-electron chi connectivity index (χ2n) is 5.54. The highest BCUT2D eigenvalue weighted by Crippen LogP contribution is 2.18. The highest BCUT2D eigenvalue weighted by molar-refractivity contribution is 5.93. The molecule has 1 heterocycles. The van der Waals surface area contributed by atoms with Crippen LogP contribution >= 0.6 is 0 Å². The van der Waals surface area contributed by atoms with Crippen molar-refractivity contribution in [2.45, 2.75) is 26.7 Å². The van der Waals surface area contributed by atoms with Gasteiger partial charge < -0.3 is 10.5 Å². The van der Waals surface area contributed by atoms with E-state index in [1.54, 1.807) is 0 Å². The molecule has 1 aromatic carbocycles. The van der Waals surface area contributed by atoms with Crippen molar-refractivity contribution in [2.75, 3.05) is 25.0 Å². The SMILES string of the molecule is CCC1CN(CC(=O)Nc2ccccc2C)CC/C1=N\O. The van der Waals surface area contributed by atoms with Gasteiger partial charge in [-0.2, -0.15) is 0 Å². The topological polar surface area (TPSA) is 64.9 Å². The maximum absolute atomic E-state index is 12.1. The Morgan fingerprint density at radius 1 is 1.48 bits per heavy atom. The molecule has 2 rings (SSSR count). The van der Waals surface area contributed by atoms with Gasteiger partial charge in [0, 0.05) is 31.1 Å². The Morgan fingerprint density at radius 2 is 2.24 bits per heavy atom. The van der Waals surface area contributed by atoms with Crippen LogP contribution in [0.5, 0.6) is 0 Å². The molecule has 0 aliphatic carbocycles. The number of anilines is 1. The first-order valence-electron chi connectivity index (χ1n) is 7.42. The van der Waals surface area contributed by atoms with Gasteiger partial charge in [0.15, 0.2) is 0 Å². The summed E-state index contributed by atoms with van der Waals surface area (Å²) in [4.78, 5) is 14.3. The number of aryl methyl sites for hydroxylation is 1. The Kier molecular flexibility index (Phi) is 5.33. The summed E-state index contributed by atoms with van der Waals surface area (Å²) in [5.74, 6) is 0.249. The standard InChI is InChI=1S/C16H23N3O2/c1-3-13-10-19(9-8-15(13)18-21)11-16(20)17-14-7-5-4-6-12(14)2/h4-7,13,21H,3,8-11H2,1-2H3,(H,17,20)/b18-15+. The molecule has 0 aromatic heterocycles. The molecule has 21 heavy (non-hydrogen) atoms. The lowest BCUT2D eigenvalue weighted by Gasteiger charge is -2.32. The van der Waals surface area contributed by atoms with Crippen LogP contribution in [0, 0.1) is 12.8 Å². The maximum Gasteiger partial charge on any atom is 0.238 e. The molecule has 1 fully saturated rings. The lowest BCUT2D eigenvalue weighted by Crippen LogP contribution is -2.44. The molecule has 1 saturated heterocycles. The average molecular weight is 289 g/mol. The van der Waals surface area contributed by atoms with Crippen LogP contribution in [-0.4, -0.2) is 41.4 Å². The zero-order chi connectivity index (χ0) is 15.2. The highest BCUT2D eigenvalue weighted by atomic mass is 16.4. The maximum atomic E-state index is 12.1. The molecule has 0 spiro atoms. The van der Waals surface area contributed by atoms with E-state index in [0.717, 1.165) is 42.9 Å². The molecule has 1 unspecified atom stereocenters. The van der Waals surface area contributed by atoms with Gasteiger partial charge in [-0.05, 0) is 25.0 Å². The molecule has 1 amide bonds. The van der Waals surface area contributed by atoms with E-state index in [1.807, 2.05) is 31.2 Å². The minimum absolute atomic E-state index is 0.00328. The van der Waals surface area contributed by atoms with Crippen LogP contribution in [0.2, 0.25) is 0 Å². The Labute approximate surface area is 125 Å². The minimum atomic E-state index is 0.00328. The molecule has 5 heteroatoms. The Hall–Kier alpha value is -1.88. The number of amides is 1. The summed E-state index contributed by atoms with van der Waals surface area (Å²) in [6, 6.07) is 7.76. The molecule has 1 aliphatic rings. The van der Waals surface area contributed by atoms with Crippen molar-refractivity contribution in [3.8, 4) is 0 Å². The average Bonchev–Trinajstić information content (AvgIpc) is 2.49. The third-order valence-corrected chi connectivity index (χ3v) is 4.04. The van der Waals surface area contributed by atoms with Gasteiger partial charge in [0.05, 0.1) is 12.3 Å². The van der Waals surface area contributed by atoms with Crippen molar-refractivity contribution >= 4 is 17.3 Å². The second-order valence-corrected chi connectivity index (χ2v) is 5.54. The summed E-state index contributed by atoms with van der Waals surface area (Å²) in [5, 5.41) is 15.3. The number of benzene rings is 1. The number of likely N-dealkylation sites (tertiary alicyclic amines) is 1. The number of carbonyl (C=O) groups is 1. The van der Waals surface area contributed by atoms with Crippen LogP contribution in [-0.2, 0) is 4.79 Å². The molecule has 5 nitrogen and oxygen atoms in total. The van der Waals surface area contributed by atoms with Gasteiger partial charge in [-0.3, -0.25) is 9.69 Å². The largest absolute Gasteiger partial charge is 0.411 e. The highest BCUT2D eigenvalue weighted by Gasteiger charge is 2.25. The van der Waals surface area contributed by atoms with Gasteiger partial charge in [-0.25, -0.2) is 0 Å². The number of rotatable bonds is 4. The first kappa shape index (κ1) is 15.5. The van der Waals surface area contributed by atoms with Crippen LogP contribution < -0.4 is 5.32 Å². The van der Waals surface area contributed by atoms with E-state index in [9.17, 15) is 4.79 Å². The van der Waals surface area contributed by atoms with Crippen LogP contribution in [0.25, 0.3) is 0 Å². The molecule has 0 bridgehead atoms. The van der Waals surface area contributed by atoms with E-state index in [-0.39, 0.29) is 11.8 Å². The molecule has 0 saturated carbocycles. The predicted octanol–water partition coefficient (Wildman–Crippen LogP) is 2.50. The quantitative estimate of drug-likeness (QED) is 0.661. The Morgan fingerprint density at radius 3 is 2.90 bits per heavy atom. The van der Waals surface area contributed by atoms with Crippen LogP contribution in [0.4, 0.5) is 5.69 Å². The van der Waals surface area contributed by atoms with Crippen molar-refractivity contribution in [2.24, 2.45) is 11.1 Å². The number of nitrogens with zero attached hydrogens (tertiary/aromatic N) is 2. The zero-order valence-electron chi connectivity index (χ0n) is 12.7. The molecule has 1 atom stereocenters. The fourth-order valence-electron chi connectivity index (χ4n) is 2.73. The fraction of sp³-hybridized carbons (Fsp3) is 0.500. The summed E-state index contributed by atoms with van der Waals surface area (Å²) >= 11 is 0. The van der Waals surface area contributed by atoms with Crippen molar-refractivity contribution < 1.29 is 10.0 Å². The number of carbonyl (C=O) groups excluding carboxylic acids is 1. The van der Waals surface area contributed by atoms with E-state index < -0.39 is 0 Å². The molecule has 2 N–H and O–H groups in total. The van der Waals surface area contributed by atoms with Gasteiger partial charge in [0.25, 0.3) is 0 Å². The summed E-state index contributed by atoms with van der Waals surface area (Å²) in [6.45, 7) is 5.97. The van der Waals surface area contributed by atoms with E-state index in [4.69, 9.17) is 5.21 Å². The third kappa shape index (κ3) is 4.04. The van der Waals surface area contributed by atoms with Crippen molar-refractivity contribution in [3.05, 3.63) is 29.8 Å². The molecular weight excluding hydrogens is 266 g/mol. The molecule has 1 aromatic rings. The molecule has 0 radical (unpaired) electrons. The molecule has 1 aliphatic heterocycles. The number of piperidine rings is 1. The van der Waals surface area contributed by atoms with Crippen molar-refractivity contribution in [1.29, 1.82) is 0 Å². The van der Waals surface area contributed by atoms with Gasteiger partial charge >= 0.3 is 0 Å². The van der Waals surface area contributed by atoms with Gasteiger partial charge in [-0.15, -0.1) is 0 Å². The fourth-order valence-corrected chi connectivity index (χ4v) is 2.73. The van der Waals surface area contributed by atoms with E-state index in [0.29, 0.717) is 6.54 Å². The smallest absolute Gasteiger partial charge is 0.238 e. The number of hydrogen-bond donors (Lipinski definition) is 2. The summed E-state index contributed by atoms with van der Waals surface area (Å²) in [6.07, 6.45) is 1.65. The molecule has 114 valence electrons. The Bertz CT molecular complexity index is 528. The van der Waals surface area contributed by atoms with Crippen LogP contribution in [0.3, 0.4) is 0 Å². The van der Waals surface area contributed by atoms with Crippen LogP contribution in [0.1, 0.15) is 25.3 Å². The number of hydrogen-bond acceptors (Lipinski definition) is 4. The monoisotopic (exact) mass is 289 g/mol. The minimum Gasteiger partial charge on any atom is -0.411 e. The summed E-state index contributed by atoms with van der Waals surface area (Å²) < 4.78 is 0. The molecular formula is C16H23N3O2. The lowest BCUT2D eigenvalue weighted by molar-refractivity contribution is -0.117. The first-order chi connectivity index (χ1) is 10.1. The number of oxime groups is 1. The first-order valence-corrected chi connectivity index (χ1v) is 7.42. The van der Waals surface area contributed by atoms with Gasteiger partial charge in [0.1, 0.15) is 0 Å². The lowest BCUT2D eigenvalue weighted by atomic mass is 9.93. The zero-order valence-corrected chi connectivity index (χ0v) is 12.7. The normalized spacial score (nSPS) is 21.4. The van der Waals surface area contributed by atoms with Gasteiger partial charge in [-0.1, -0.05) is 30.3 Å². The number of nitrogens with one attached hydrogen (secondary N) is 1. The summed E-state index contributed by atoms with van der Waals surface area (Å²) in [5.41, 5.74) is 2.78. The third-order valence-electron chi connectivity index (χ3n) is 4.04. The van der Waals surface area contributed by atoms with Gasteiger partial charge in [0.2, 0.25) is 5.91 Å². The van der Waals surface area contributed by atoms with Crippen LogP contribution in [0.15, 0.2) is 29.4 Å². The summed E-state index contributed by atoms with van der Waals surface area (Å²) in [7, 11) is 0. The van der Waals surface area contributed by atoms with E-state index in [1.165, 1.54) is 0 Å². The Balaban J connectivity index is 1.90. The van der Waals surface area contributed by atoms with E-state index >= 15 is 0 Å². The second kappa shape index (κ2) is 7.22. The predicted molar refractivity (Wildman–Crippen MR) is 83.9 cm³/mol. The van der Waals surface area contributed by atoms with Crippen molar-refractivity contribution in [1.82, 2.24) is 4.90 Å². The van der Waals surface area contributed by atoms with E-state index in [2.05, 4.69) is 22.3 Å².